The monoisotopic (exact) mass is 159 g/mol. The van der Waals surface area contributed by atoms with E-state index < -0.39 is 0 Å². The molecule has 1 saturated carbocycles. The van der Waals surface area contributed by atoms with Gasteiger partial charge in [0.2, 0.25) is 0 Å². The van der Waals surface area contributed by atoms with Gasteiger partial charge < -0.3 is 5.73 Å². The van der Waals surface area contributed by atoms with Crippen molar-refractivity contribution in [3.8, 4) is 0 Å². The fourth-order valence-corrected chi connectivity index (χ4v) is 0.322. The van der Waals surface area contributed by atoms with E-state index in [0.29, 0.717) is 6.54 Å². The van der Waals surface area contributed by atoms with Gasteiger partial charge in [-0.15, -0.1) is 6.54 Å². The molecule has 0 aromatic rings. The summed E-state index contributed by atoms with van der Waals surface area (Å²) in [5, 5.41) is 0. The summed E-state index contributed by atoms with van der Waals surface area (Å²) >= 11 is 0. The maximum Gasteiger partial charge on any atom is 0 e. The summed E-state index contributed by atoms with van der Waals surface area (Å²) in [4.78, 5) is 0. The Kier molecular flexibility index (Phi) is 3.67. The van der Waals surface area contributed by atoms with Gasteiger partial charge in [0.25, 0.3) is 0 Å². The first-order valence-electron chi connectivity index (χ1n) is 2.08. The molecule has 0 aromatic heterocycles. The van der Waals surface area contributed by atoms with Crippen LogP contribution < -0.4 is 0 Å². The Morgan fingerprint density at radius 1 is 1.50 bits per heavy atom. The van der Waals surface area contributed by atoms with E-state index >= 15 is 0 Å². The van der Waals surface area contributed by atoms with Crippen LogP contribution in [0.1, 0.15) is 12.8 Å². The normalized spacial score (nSPS) is 19.5. The molecule has 0 unspecified atom stereocenters. The smallest absolute Gasteiger partial charge is 0 e. The molecule has 1 radical (unpaired) electrons. The van der Waals surface area contributed by atoms with Crippen LogP contribution in [0.5, 0.6) is 0 Å². The molecule has 1 fully saturated rings. The molecule has 0 spiro atoms. The molecular weight excluding hydrogens is 151 g/mol. The fraction of sp³-hybridized carbons (Fsp3) is 1.00. The van der Waals surface area contributed by atoms with E-state index in [0.717, 1.165) is 5.92 Å². The third-order valence-electron chi connectivity index (χ3n) is 0.986. The third-order valence-corrected chi connectivity index (χ3v) is 0.986. The van der Waals surface area contributed by atoms with Crippen LogP contribution in [0, 0.1) is 5.92 Å². The van der Waals surface area contributed by atoms with Gasteiger partial charge in [-0.05, 0) is 0 Å². The molecule has 1 aliphatic carbocycles. The van der Waals surface area contributed by atoms with Crippen molar-refractivity contribution in [1.29, 1.82) is 0 Å². The summed E-state index contributed by atoms with van der Waals surface area (Å²) in [6, 6.07) is 0. The van der Waals surface area contributed by atoms with Crippen molar-refractivity contribution in [2.45, 2.75) is 12.8 Å². The zero-order chi connectivity index (χ0) is 3.70. The number of nitrogens with one attached hydrogen (secondary N) is 1. The Bertz CT molecular complexity index is 34.5. The van der Waals surface area contributed by atoms with Gasteiger partial charge in [0, 0.05) is 32.7 Å². The molecule has 1 rings (SSSR count). The molecule has 33 valence electrons. The third kappa shape index (κ3) is 2.27. The van der Waals surface area contributed by atoms with Gasteiger partial charge in [-0.25, -0.2) is 0 Å². The van der Waals surface area contributed by atoms with Crippen molar-refractivity contribution in [2.75, 3.05) is 6.54 Å². The standard InChI is InChI=1S/C4H8N.Y/c5-3-4-1-2-4;/h4-5H,1-3H2;/q-1;. The molecular formula is C4H8NY-. The molecule has 0 aliphatic heterocycles. The quantitative estimate of drug-likeness (QED) is 0.552. The van der Waals surface area contributed by atoms with E-state index in [-0.39, 0.29) is 32.7 Å². The van der Waals surface area contributed by atoms with Crippen LogP contribution in [-0.4, -0.2) is 6.54 Å². The predicted octanol–water partition coefficient (Wildman–Crippen LogP) is 1.45. The molecule has 0 saturated heterocycles. The molecule has 0 amide bonds. The van der Waals surface area contributed by atoms with Crippen molar-refractivity contribution >= 4 is 0 Å². The Morgan fingerprint density at radius 2 is 2.00 bits per heavy atom. The molecule has 0 aromatic carbocycles. The second-order valence-electron chi connectivity index (χ2n) is 1.65. The van der Waals surface area contributed by atoms with Crippen molar-refractivity contribution < 1.29 is 32.7 Å². The first-order chi connectivity index (χ1) is 2.43. The van der Waals surface area contributed by atoms with Crippen LogP contribution in [0.2, 0.25) is 0 Å². The van der Waals surface area contributed by atoms with Crippen molar-refractivity contribution in [2.24, 2.45) is 5.92 Å². The minimum absolute atomic E-state index is 0. The Labute approximate surface area is 63.6 Å². The molecule has 0 heterocycles. The summed E-state index contributed by atoms with van der Waals surface area (Å²) in [5.74, 6) is 0.801. The summed E-state index contributed by atoms with van der Waals surface area (Å²) in [7, 11) is 0. The van der Waals surface area contributed by atoms with Gasteiger partial charge in [0.1, 0.15) is 0 Å². The number of hydrogen-bond donors (Lipinski definition) is 0. The van der Waals surface area contributed by atoms with Crippen LogP contribution in [0.3, 0.4) is 0 Å². The van der Waals surface area contributed by atoms with Crippen molar-refractivity contribution in [3.05, 3.63) is 5.73 Å². The topological polar surface area (TPSA) is 23.8 Å². The number of rotatable bonds is 1. The van der Waals surface area contributed by atoms with Crippen LogP contribution in [-0.2, 0) is 32.7 Å². The summed E-state index contributed by atoms with van der Waals surface area (Å²) in [5.41, 5.74) is 6.72. The molecule has 2 heteroatoms. The maximum absolute atomic E-state index is 6.72. The molecule has 1 aliphatic rings. The second kappa shape index (κ2) is 3.12. The zero-order valence-electron chi connectivity index (χ0n) is 3.78. The van der Waals surface area contributed by atoms with E-state index in [1.165, 1.54) is 12.8 Å². The average Bonchev–Trinajstić information content (AvgIpc) is 2.12. The molecule has 1 N–H and O–H groups in total. The van der Waals surface area contributed by atoms with Gasteiger partial charge >= 0.3 is 0 Å². The second-order valence-corrected chi connectivity index (χ2v) is 1.65. The molecule has 0 atom stereocenters. The largest absolute Gasteiger partial charge is 0.677 e. The first-order valence-corrected chi connectivity index (χ1v) is 2.08. The van der Waals surface area contributed by atoms with Crippen LogP contribution in [0.4, 0.5) is 0 Å². The van der Waals surface area contributed by atoms with E-state index in [9.17, 15) is 0 Å². The van der Waals surface area contributed by atoms with Crippen LogP contribution in [0.25, 0.3) is 5.73 Å². The van der Waals surface area contributed by atoms with Crippen LogP contribution in [0.15, 0.2) is 0 Å². The predicted molar refractivity (Wildman–Crippen MR) is 21.9 cm³/mol. The van der Waals surface area contributed by atoms with E-state index in [1.54, 1.807) is 0 Å². The Hall–Kier alpha value is 1.06. The van der Waals surface area contributed by atoms with Crippen LogP contribution >= 0.6 is 0 Å². The van der Waals surface area contributed by atoms with Gasteiger partial charge in [-0.2, -0.15) is 0 Å². The van der Waals surface area contributed by atoms with E-state index in [4.69, 9.17) is 5.73 Å². The van der Waals surface area contributed by atoms with Crippen molar-refractivity contribution in [3.63, 3.8) is 0 Å². The Balaban J connectivity index is 0.000000250. The van der Waals surface area contributed by atoms with Gasteiger partial charge in [-0.3, -0.25) is 0 Å². The zero-order valence-corrected chi connectivity index (χ0v) is 6.61. The van der Waals surface area contributed by atoms with Gasteiger partial charge in [0.15, 0.2) is 0 Å². The SMILES string of the molecule is [NH-]CC1CC1.[Y]. The minimum Gasteiger partial charge on any atom is -0.677 e. The minimum atomic E-state index is 0. The number of hydrogen-bond acceptors (Lipinski definition) is 0. The maximum atomic E-state index is 6.72. The summed E-state index contributed by atoms with van der Waals surface area (Å²) < 4.78 is 0. The molecule has 0 bridgehead atoms. The summed E-state index contributed by atoms with van der Waals surface area (Å²) in [6.45, 7) is 0.667. The summed E-state index contributed by atoms with van der Waals surface area (Å²) in [6.07, 6.45) is 2.65. The van der Waals surface area contributed by atoms with Crippen molar-refractivity contribution in [1.82, 2.24) is 0 Å². The average molecular weight is 159 g/mol. The first kappa shape index (κ1) is 7.06. The van der Waals surface area contributed by atoms with Gasteiger partial charge in [0.05, 0.1) is 0 Å². The van der Waals surface area contributed by atoms with E-state index in [1.807, 2.05) is 0 Å². The molecule has 1 nitrogen and oxygen atoms in total. The Morgan fingerprint density at radius 3 is 2.00 bits per heavy atom. The van der Waals surface area contributed by atoms with Gasteiger partial charge in [-0.1, -0.05) is 18.8 Å². The van der Waals surface area contributed by atoms with E-state index in [2.05, 4.69) is 0 Å². The fourth-order valence-electron chi connectivity index (χ4n) is 0.322. The molecule has 6 heavy (non-hydrogen) atoms.